The molecular formula is C10H10FNO. The van der Waals surface area contributed by atoms with E-state index in [1.165, 1.54) is 6.07 Å². The lowest BCUT2D eigenvalue weighted by Gasteiger charge is -2.19. The lowest BCUT2D eigenvalue weighted by Crippen LogP contribution is -2.20. The van der Waals surface area contributed by atoms with Crippen LogP contribution in [0, 0.1) is 12.7 Å². The number of anilines is 1. The van der Waals surface area contributed by atoms with Crippen LogP contribution in [0.2, 0.25) is 0 Å². The Bertz CT molecular complexity index is 373. The van der Waals surface area contributed by atoms with Crippen LogP contribution in [0.25, 0.3) is 0 Å². The zero-order valence-electron chi connectivity index (χ0n) is 7.36. The number of carbonyl (C=O) groups is 1. The van der Waals surface area contributed by atoms with Crippen molar-refractivity contribution in [2.45, 2.75) is 13.3 Å². The first-order chi connectivity index (χ1) is 6.20. The minimum Gasteiger partial charge on any atom is -0.384 e. The first-order valence-electron chi connectivity index (χ1n) is 4.26. The van der Waals surface area contributed by atoms with Gasteiger partial charge in [-0.15, -0.1) is 0 Å². The molecule has 1 aliphatic heterocycles. The van der Waals surface area contributed by atoms with E-state index in [1.807, 2.05) is 6.92 Å². The smallest absolute Gasteiger partial charge is 0.169 e. The van der Waals surface area contributed by atoms with Crippen LogP contribution >= 0.6 is 0 Å². The van der Waals surface area contributed by atoms with Gasteiger partial charge in [-0.25, -0.2) is 4.39 Å². The molecule has 0 saturated heterocycles. The van der Waals surface area contributed by atoms with Crippen molar-refractivity contribution in [2.75, 3.05) is 11.9 Å². The summed E-state index contributed by atoms with van der Waals surface area (Å²) in [5, 5.41) is 3.04. The highest BCUT2D eigenvalue weighted by atomic mass is 19.1. The van der Waals surface area contributed by atoms with Crippen LogP contribution in [-0.4, -0.2) is 12.3 Å². The number of halogens is 1. The third kappa shape index (κ3) is 1.20. The van der Waals surface area contributed by atoms with Gasteiger partial charge < -0.3 is 5.32 Å². The van der Waals surface area contributed by atoms with Crippen LogP contribution in [0.1, 0.15) is 22.3 Å². The van der Waals surface area contributed by atoms with Gasteiger partial charge in [0.2, 0.25) is 0 Å². The Hall–Kier alpha value is -1.38. The van der Waals surface area contributed by atoms with Crippen molar-refractivity contribution in [3.63, 3.8) is 0 Å². The molecule has 0 bridgehead atoms. The summed E-state index contributed by atoms with van der Waals surface area (Å²) < 4.78 is 13.2. The summed E-state index contributed by atoms with van der Waals surface area (Å²) in [6.07, 6.45) is 0.382. The first kappa shape index (κ1) is 8.23. The Morgan fingerprint density at radius 1 is 1.46 bits per heavy atom. The monoisotopic (exact) mass is 179 g/mol. The molecule has 0 unspecified atom stereocenters. The van der Waals surface area contributed by atoms with E-state index < -0.39 is 5.82 Å². The maximum atomic E-state index is 13.2. The summed E-state index contributed by atoms with van der Waals surface area (Å²) >= 11 is 0. The number of ketones is 1. The van der Waals surface area contributed by atoms with E-state index in [-0.39, 0.29) is 11.3 Å². The number of hydrogen-bond donors (Lipinski definition) is 1. The third-order valence-electron chi connectivity index (χ3n) is 2.30. The molecule has 0 spiro atoms. The number of carbonyl (C=O) groups excluding carboxylic acids is 1. The van der Waals surface area contributed by atoms with Crippen LogP contribution in [0.4, 0.5) is 10.1 Å². The van der Waals surface area contributed by atoms with Gasteiger partial charge in [-0.3, -0.25) is 4.79 Å². The molecule has 13 heavy (non-hydrogen) atoms. The van der Waals surface area contributed by atoms with Gasteiger partial charge in [0.05, 0.1) is 11.3 Å². The molecule has 0 aliphatic carbocycles. The summed E-state index contributed by atoms with van der Waals surface area (Å²) in [4.78, 5) is 11.4. The molecule has 1 aromatic rings. The molecule has 0 aromatic heterocycles. The van der Waals surface area contributed by atoms with Gasteiger partial charge in [-0.1, -0.05) is 6.07 Å². The fourth-order valence-electron chi connectivity index (χ4n) is 1.61. The van der Waals surface area contributed by atoms with Crippen molar-refractivity contribution in [3.8, 4) is 0 Å². The summed E-state index contributed by atoms with van der Waals surface area (Å²) in [6.45, 7) is 2.47. The van der Waals surface area contributed by atoms with Crippen molar-refractivity contribution < 1.29 is 9.18 Å². The fraction of sp³-hybridized carbons (Fsp3) is 0.300. The van der Waals surface area contributed by atoms with Crippen molar-refractivity contribution >= 4 is 11.5 Å². The van der Waals surface area contributed by atoms with Gasteiger partial charge in [-0.2, -0.15) is 0 Å². The molecule has 0 fully saturated rings. The molecule has 68 valence electrons. The van der Waals surface area contributed by atoms with Gasteiger partial charge in [0.1, 0.15) is 5.82 Å². The van der Waals surface area contributed by atoms with Gasteiger partial charge in [0.15, 0.2) is 5.78 Å². The largest absolute Gasteiger partial charge is 0.384 e. The van der Waals surface area contributed by atoms with E-state index in [1.54, 1.807) is 6.07 Å². The lowest BCUT2D eigenvalue weighted by molar-refractivity contribution is 0.0979. The van der Waals surface area contributed by atoms with E-state index >= 15 is 0 Å². The summed E-state index contributed by atoms with van der Waals surface area (Å²) in [7, 11) is 0. The summed E-state index contributed by atoms with van der Waals surface area (Å²) in [5.74, 6) is -0.521. The number of aryl methyl sites for hydroxylation is 1. The standard InChI is InChI=1S/C10H10FNO/c1-6-2-3-7(11)9-8(13)4-5-12-10(6)9/h2-3,12H,4-5H2,1H3. The molecule has 1 aromatic carbocycles. The van der Waals surface area contributed by atoms with Crippen LogP contribution in [-0.2, 0) is 0 Å². The highest BCUT2D eigenvalue weighted by molar-refractivity contribution is 6.03. The van der Waals surface area contributed by atoms with Crippen LogP contribution < -0.4 is 5.32 Å². The highest BCUT2D eigenvalue weighted by Gasteiger charge is 2.21. The minimum absolute atomic E-state index is 0.102. The predicted molar refractivity (Wildman–Crippen MR) is 48.6 cm³/mol. The van der Waals surface area contributed by atoms with Gasteiger partial charge in [0.25, 0.3) is 0 Å². The Morgan fingerprint density at radius 2 is 2.23 bits per heavy atom. The first-order valence-corrected chi connectivity index (χ1v) is 4.26. The maximum absolute atomic E-state index is 13.2. The molecule has 1 heterocycles. The lowest BCUT2D eigenvalue weighted by atomic mass is 9.98. The molecule has 1 N–H and O–H groups in total. The zero-order chi connectivity index (χ0) is 9.42. The van der Waals surface area contributed by atoms with E-state index in [0.29, 0.717) is 18.7 Å². The van der Waals surface area contributed by atoms with Crippen molar-refractivity contribution in [1.82, 2.24) is 0 Å². The second-order valence-electron chi connectivity index (χ2n) is 3.21. The molecule has 0 atom stereocenters. The molecule has 2 rings (SSSR count). The Kier molecular flexibility index (Phi) is 1.79. The van der Waals surface area contributed by atoms with E-state index in [0.717, 1.165) is 5.56 Å². The van der Waals surface area contributed by atoms with Crippen molar-refractivity contribution in [2.24, 2.45) is 0 Å². The Morgan fingerprint density at radius 3 is 2.92 bits per heavy atom. The minimum atomic E-state index is -0.419. The van der Waals surface area contributed by atoms with Crippen LogP contribution in [0.3, 0.4) is 0 Å². The van der Waals surface area contributed by atoms with Crippen molar-refractivity contribution in [3.05, 3.63) is 29.1 Å². The quantitative estimate of drug-likeness (QED) is 0.661. The number of nitrogens with one attached hydrogen (secondary N) is 1. The second kappa shape index (κ2) is 2.83. The van der Waals surface area contributed by atoms with E-state index in [9.17, 15) is 9.18 Å². The third-order valence-corrected chi connectivity index (χ3v) is 2.30. The number of rotatable bonds is 0. The number of fused-ring (bicyclic) bond motifs is 1. The summed E-state index contributed by atoms with van der Waals surface area (Å²) in [5.41, 5.74) is 1.81. The predicted octanol–water partition coefficient (Wildman–Crippen LogP) is 2.13. The Balaban J connectivity index is 2.67. The van der Waals surface area contributed by atoms with Gasteiger partial charge >= 0.3 is 0 Å². The topological polar surface area (TPSA) is 29.1 Å². The van der Waals surface area contributed by atoms with E-state index in [2.05, 4.69) is 5.32 Å². The van der Waals surface area contributed by atoms with E-state index in [4.69, 9.17) is 0 Å². The molecule has 0 amide bonds. The maximum Gasteiger partial charge on any atom is 0.169 e. The number of hydrogen-bond acceptors (Lipinski definition) is 2. The van der Waals surface area contributed by atoms with Crippen molar-refractivity contribution in [1.29, 1.82) is 0 Å². The average Bonchev–Trinajstić information content (AvgIpc) is 2.12. The van der Waals surface area contributed by atoms with Crippen LogP contribution in [0.5, 0.6) is 0 Å². The fourth-order valence-corrected chi connectivity index (χ4v) is 1.61. The highest BCUT2D eigenvalue weighted by Crippen LogP contribution is 2.27. The second-order valence-corrected chi connectivity index (χ2v) is 3.21. The number of benzene rings is 1. The molecule has 2 nitrogen and oxygen atoms in total. The normalized spacial score (nSPS) is 15.1. The van der Waals surface area contributed by atoms with Gasteiger partial charge in [0, 0.05) is 13.0 Å². The molecular weight excluding hydrogens is 169 g/mol. The zero-order valence-corrected chi connectivity index (χ0v) is 7.36. The van der Waals surface area contributed by atoms with Gasteiger partial charge in [-0.05, 0) is 18.6 Å². The number of Topliss-reactive ketones (excluding diaryl/α,β-unsaturated/α-hetero) is 1. The summed E-state index contributed by atoms with van der Waals surface area (Å²) in [6, 6.07) is 3.03. The van der Waals surface area contributed by atoms with Crippen LogP contribution in [0.15, 0.2) is 12.1 Å². The molecule has 0 saturated carbocycles. The average molecular weight is 179 g/mol. The Labute approximate surface area is 75.8 Å². The molecule has 0 radical (unpaired) electrons. The SMILES string of the molecule is Cc1ccc(F)c2c1NCCC2=O. The molecule has 1 aliphatic rings. The molecule has 3 heteroatoms.